The van der Waals surface area contributed by atoms with Gasteiger partial charge in [0.25, 0.3) is 11.7 Å². The number of unbranched alkanes of at least 4 members (excludes halogenated alkanes) is 2. The minimum atomic E-state index is -0.766. The van der Waals surface area contributed by atoms with Gasteiger partial charge in [-0.05, 0) is 42.3 Å². The fourth-order valence-electron chi connectivity index (χ4n) is 4.29. The Kier molecular flexibility index (Phi) is 6.17. The van der Waals surface area contributed by atoms with Crippen molar-refractivity contribution in [1.29, 1.82) is 0 Å². The highest BCUT2D eigenvalue weighted by molar-refractivity contribution is 6.46. The second-order valence-electron chi connectivity index (χ2n) is 8.20. The molecule has 1 saturated heterocycles. The lowest BCUT2D eigenvalue weighted by Crippen LogP contribution is -2.30. The van der Waals surface area contributed by atoms with Crippen molar-refractivity contribution in [3.05, 3.63) is 65.0 Å². The summed E-state index contributed by atoms with van der Waals surface area (Å²) in [5.41, 5.74) is 1.84. The first-order valence-electron chi connectivity index (χ1n) is 10.9. The van der Waals surface area contributed by atoms with Gasteiger partial charge in [0.1, 0.15) is 23.9 Å². The van der Waals surface area contributed by atoms with E-state index in [9.17, 15) is 19.1 Å². The van der Waals surface area contributed by atoms with Crippen LogP contribution in [-0.2, 0) is 9.59 Å². The molecule has 0 saturated carbocycles. The molecule has 1 N–H and O–H groups in total. The molecule has 4 rings (SSSR count). The van der Waals surface area contributed by atoms with Crippen LogP contribution < -0.4 is 9.64 Å². The minimum Gasteiger partial charge on any atom is -0.507 e. The number of halogens is 1. The Labute approximate surface area is 186 Å². The molecule has 1 unspecified atom stereocenters. The first-order valence-corrected chi connectivity index (χ1v) is 10.9. The predicted molar refractivity (Wildman–Crippen MR) is 120 cm³/mol. The van der Waals surface area contributed by atoms with Crippen molar-refractivity contribution in [2.24, 2.45) is 0 Å². The van der Waals surface area contributed by atoms with E-state index in [1.165, 1.54) is 17.0 Å². The number of benzene rings is 2. The van der Waals surface area contributed by atoms with Gasteiger partial charge in [0.05, 0.1) is 23.8 Å². The quantitative estimate of drug-likeness (QED) is 0.316. The molecule has 2 aliphatic heterocycles. The van der Waals surface area contributed by atoms with Crippen molar-refractivity contribution in [2.45, 2.75) is 32.2 Å². The van der Waals surface area contributed by atoms with Crippen molar-refractivity contribution in [1.82, 2.24) is 4.90 Å². The summed E-state index contributed by atoms with van der Waals surface area (Å²) in [6.07, 6.45) is 2.62. The zero-order valence-electron chi connectivity index (χ0n) is 18.3. The summed E-state index contributed by atoms with van der Waals surface area (Å²) in [4.78, 5) is 29.5. The van der Waals surface area contributed by atoms with E-state index in [1.54, 1.807) is 30.3 Å². The SMILES string of the molecule is CCCCCN1C(=O)C(=O)/C(=C(\O)c2ccc3c(c2)N(C)CCO3)C1c1ccc(F)cc1. The van der Waals surface area contributed by atoms with Crippen LogP contribution in [-0.4, -0.2) is 48.4 Å². The highest BCUT2D eigenvalue weighted by Gasteiger charge is 2.45. The smallest absolute Gasteiger partial charge is 0.295 e. The Morgan fingerprint density at radius 1 is 1.16 bits per heavy atom. The standard InChI is InChI=1S/C25H27FN2O4/c1-3-4-5-12-28-22(16-6-9-18(26)10-7-16)21(24(30)25(28)31)23(29)17-8-11-20-19(15-17)27(2)13-14-32-20/h6-11,15,22,29H,3-5,12-14H2,1-2H3/b23-21-. The Bertz CT molecular complexity index is 1060. The molecule has 2 heterocycles. The normalized spacial score (nSPS) is 19.8. The van der Waals surface area contributed by atoms with E-state index in [4.69, 9.17) is 4.74 Å². The molecule has 0 bridgehead atoms. The van der Waals surface area contributed by atoms with E-state index in [0.29, 0.717) is 36.6 Å². The zero-order valence-corrected chi connectivity index (χ0v) is 18.3. The summed E-state index contributed by atoms with van der Waals surface area (Å²) in [7, 11) is 1.93. The van der Waals surface area contributed by atoms with Crippen molar-refractivity contribution >= 4 is 23.1 Å². The Hall–Kier alpha value is -3.35. The molecule has 2 aliphatic rings. The van der Waals surface area contributed by atoms with E-state index in [2.05, 4.69) is 6.92 Å². The number of hydrogen-bond donors (Lipinski definition) is 1. The maximum atomic E-state index is 13.6. The van der Waals surface area contributed by atoms with Gasteiger partial charge in [-0.2, -0.15) is 0 Å². The van der Waals surface area contributed by atoms with Gasteiger partial charge in [0, 0.05) is 19.2 Å². The van der Waals surface area contributed by atoms with Crippen molar-refractivity contribution in [2.75, 3.05) is 31.6 Å². The van der Waals surface area contributed by atoms with Crippen LogP contribution in [0.25, 0.3) is 5.76 Å². The Morgan fingerprint density at radius 2 is 1.91 bits per heavy atom. The van der Waals surface area contributed by atoms with Gasteiger partial charge in [0.15, 0.2) is 0 Å². The molecule has 1 amide bonds. The number of carbonyl (C=O) groups is 2. The summed E-state index contributed by atoms with van der Waals surface area (Å²) >= 11 is 0. The van der Waals surface area contributed by atoms with E-state index >= 15 is 0 Å². The number of likely N-dealkylation sites (tertiary alicyclic amines) is 1. The summed E-state index contributed by atoms with van der Waals surface area (Å²) in [5.74, 6) is -1.32. The minimum absolute atomic E-state index is 0.0254. The molecule has 0 radical (unpaired) electrons. The number of amides is 1. The first kappa shape index (κ1) is 21.9. The number of carbonyl (C=O) groups excluding carboxylic acids is 2. The number of aliphatic hydroxyl groups excluding tert-OH is 1. The lowest BCUT2D eigenvalue weighted by molar-refractivity contribution is -0.139. The van der Waals surface area contributed by atoms with E-state index in [1.807, 2.05) is 11.9 Å². The topological polar surface area (TPSA) is 70.1 Å². The number of anilines is 1. The van der Waals surface area contributed by atoms with E-state index in [0.717, 1.165) is 24.9 Å². The molecule has 0 aromatic heterocycles. The number of hydrogen-bond acceptors (Lipinski definition) is 5. The first-order chi connectivity index (χ1) is 15.4. The molecule has 2 aromatic rings. The van der Waals surface area contributed by atoms with E-state index in [-0.39, 0.29) is 11.3 Å². The van der Waals surface area contributed by atoms with Gasteiger partial charge < -0.3 is 19.6 Å². The number of ketones is 1. The van der Waals surface area contributed by atoms with Gasteiger partial charge in [0.2, 0.25) is 0 Å². The fourth-order valence-corrected chi connectivity index (χ4v) is 4.29. The van der Waals surface area contributed by atoms with Crippen LogP contribution in [0.5, 0.6) is 5.75 Å². The van der Waals surface area contributed by atoms with Crippen molar-refractivity contribution in [3.63, 3.8) is 0 Å². The zero-order chi connectivity index (χ0) is 22.8. The molecule has 0 spiro atoms. The Morgan fingerprint density at radius 3 is 2.62 bits per heavy atom. The van der Waals surface area contributed by atoms with Gasteiger partial charge >= 0.3 is 0 Å². The summed E-state index contributed by atoms with van der Waals surface area (Å²) in [6.45, 7) is 3.72. The van der Waals surface area contributed by atoms with E-state index < -0.39 is 23.5 Å². The van der Waals surface area contributed by atoms with Crippen LogP contribution in [0.15, 0.2) is 48.0 Å². The summed E-state index contributed by atoms with van der Waals surface area (Å²) in [5, 5.41) is 11.2. The number of nitrogens with zero attached hydrogens (tertiary/aromatic N) is 2. The average Bonchev–Trinajstić information content (AvgIpc) is 3.04. The number of likely N-dealkylation sites (N-methyl/N-ethyl adjacent to an activating group) is 1. The lowest BCUT2D eigenvalue weighted by Gasteiger charge is -2.28. The third kappa shape index (κ3) is 3.95. The van der Waals surface area contributed by atoms with Crippen LogP contribution in [0, 0.1) is 5.82 Å². The Balaban J connectivity index is 1.81. The fraction of sp³-hybridized carbons (Fsp3) is 0.360. The maximum absolute atomic E-state index is 13.6. The van der Waals surface area contributed by atoms with Crippen molar-refractivity contribution in [3.8, 4) is 5.75 Å². The number of aliphatic hydroxyl groups is 1. The number of rotatable bonds is 6. The summed E-state index contributed by atoms with van der Waals surface area (Å²) < 4.78 is 19.2. The predicted octanol–water partition coefficient (Wildman–Crippen LogP) is 4.27. The van der Waals surface area contributed by atoms with Crippen LogP contribution >= 0.6 is 0 Å². The maximum Gasteiger partial charge on any atom is 0.295 e. The number of Topliss-reactive ketones (excluding diaryl/α,β-unsaturated/α-hetero) is 1. The average molecular weight is 438 g/mol. The highest BCUT2D eigenvalue weighted by Crippen LogP contribution is 2.41. The van der Waals surface area contributed by atoms with Gasteiger partial charge in [-0.1, -0.05) is 31.9 Å². The monoisotopic (exact) mass is 438 g/mol. The molecular formula is C25H27FN2O4. The molecule has 2 aromatic carbocycles. The summed E-state index contributed by atoms with van der Waals surface area (Å²) in [6, 6.07) is 10.1. The molecule has 6 nitrogen and oxygen atoms in total. The van der Waals surface area contributed by atoms with Crippen LogP contribution in [0.2, 0.25) is 0 Å². The van der Waals surface area contributed by atoms with Crippen molar-refractivity contribution < 1.29 is 23.8 Å². The third-order valence-corrected chi connectivity index (χ3v) is 6.06. The van der Waals surface area contributed by atoms with Crippen LogP contribution in [0.1, 0.15) is 43.4 Å². The molecule has 7 heteroatoms. The molecule has 168 valence electrons. The number of ether oxygens (including phenoxy) is 1. The largest absolute Gasteiger partial charge is 0.507 e. The number of fused-ring (bicyclic) bond motifs is 1. The van der Waals surface area contributed by atoms with Gasteiger partial charge in [-0.25, -0.2) is 4.39 Å². The van der Waals surface area contributed by atoms with Crippen LogP contribution in [0.3, 0.4) is 0 Å². The molecule has 32 heavy (non-hydrogen) atoms. The van der Waals surface area contributed by atoms with Gasteiger partial charge in [-0.3, -0.25) is 9.59 Å². The highest BCUT2D eigenvalue weighted by atomic mass is 19.1. The molecule has 1 atom stereocenters. The third-order valence-electron chi connectivity index (χ3n) is 6.06. The molecule has 0 aliphatic carbocycles. The molecule has 1 fully saturated rings. The van der Waals surface area contributed by atoms with Gasteiger partial charge in [-0.15, -0.1) is 0 Å². The van der Waals surface area contributed by atoms with Crippen LogP contribution in [0.4, 0.5) is 10.1 Å². The second kappa shape index (κ2) is 9.02. The lowest BCUT2D eigenvalue weighted by atomic mass is 9.95. The molecular weight excluding hydrogens is 411 g/mol. The second-order valence-corrected chi connectivity index (χ2v) is 8.20.